The van der Waals surface area contributed by atoms with Crippen LogP contribution in [0.4, 0.5) is 5.69 Å². The first-order valence-electron chi connectivity index (χ1n) is 8.02. The summed E-state index contributed by atoms with van der Waals surface area (Å²) in [6.45, 7) is 0.318. The molecule has 26 heavy (non-hydrogen) atoms. The highest BCUT2D eigenvalue weighted by atomic mass is 16.5. The van der Waals surface area contributed by atoms with Gasteiger partial charge in [-0.2, -0.15) is 0 Å². The molecule has 0 radical (unpaired) electrons. The van der Waals surface area contributed by atoms with E-state index in [1.807, 2.05) is 24.3 Å². The van der Waals surface area contributed by atoms with Crippen LogP contribution in [0.2, 0.25) is 0 Å². The fourth-order valence-electron chi connectivity index (χ4n) is 2.40. The number of amides is 2. The minimum absolute atomic E-state index is 0.318. The summed E-state index contributed by atoms with van der Waals surface area (Å²) in [5, 5.41) is 5.12. The molecule has 0 aromatic heterocycles. The number of rotatable bonds is 7. The van der Waals surface area contributed by atoms with Gasteiger partial charge in [-0.15, -0.1) is 0 Å². The second kappa shape index (κ2) is 9.31. The van der Waals surface area contributed by atoms with Gasteiger partial charge in [-0.25, -0.2) is 0 Å². The Morgan fingerprint density at radius 1 is 0.846 bits per heavy atom. The van der Waals surface area contributed by atoms with Gasteiger partial charge in [0.15, 0.2) is 11.5 Å². The third-order valence-corrected chi connectivity index (χ3v) is 3.72. The number of para-hydroxylation sites is 1. The highest BCUT2D eigenvalue weighted by Crippen LogP contribution is 2.29. The molecule has 7 heteroatoms. The van der Waals surface area contributed by atoms with Crippen LogP contribution in [0.3, 0.4) is 0 Å². The summed E-state index contributed by atoms with van der Waals surface area (Å²) >= 11 is 0. The SMILES string of the molecule is COc1ccccc1CCNC(=O)C(=O)Nc1ccc(OC)c(OC)c1. The lowest BCUT2D eigenvalue weighted by Crippen LogP contribution is -2.36. The molecule has 0 atom stereocenters. The Labute approximate surface area is 152 Å². The lowest BCUT2D eigenvalue weighted by Gasteiger charge is -2.11. The van der Waals surface area contributed by atoms with Crippen molar-refractivity contribution in [3.05, 3.63) is 48.0 Å². The van der Waals surface area contributed by atoms with Gasteiger partial charge in [-0.05, 0) is 30.2 Å². The van der Waals surface area contributed by atoms with Crippen molar-refractivity contribution in [2.75, 3.05) is 33.2 Å². The Kier molecular flexibility index (Phi) is 6.84. The van der Waals surface area contributed by atoms with Crippen molar-refractivity contribution in [1.29, 1.82) is 0 Å². The summed E-state index contributed by atoms with van der Waals surface area (Å²) in [6.07, 6.45) is 0.555. The number of carbonyl (C=O) groups excluding carboxylic acids is 2. The van der Waals surface area contributed by atoms with Gasteiger partial charge in [-0.1, -0.05) is 18.2 Å². The molecule has 0 spiro atoms. The number of hydrogen-bond donors (Lipinski definition) is 2. The van der Waals surface area contributed by atoms with Gasteiger partial charge in [0.05, 0.1) is 21.3 Å². The van der Waals surface area contributed by atoms with Crippen molar-refractivity contribution < 1.29 is 23.8 Å². The van der Waals surface area contributed by atoms with E-state index < -0.39 is 11.8 Å². The molecule has 0 fully saturated rings. The fraction of sp³-hybridized carbons (Fsp3) is 0.263. The van der Waals surface area contributed by atoms with E-state index in [2.05, 4.69) is 10.6 Å². The Balaban J connectivity index is 1.89. The second-order valence-electron chi connectivity index (χ2n) is 5.34. The summed E-state index contributed by atoms with van der Waals surface area (Å²) in [5.74, 6) is 0.275. The van der Waals surface area contributed by atoms with Crippen LogP contribution in [0, 0.1) is 0 Å². The van der Waals surface area contributed by atoms with Crippen molar-refractivity contribution in [2.45, 2.75) is 6.42 Å². The van der Waals surface area contributed by atoms with Gasteiger partial charge < -0.3 is 24.8 Å². The number of hydrogen-bond acceptors (Lipinski definition) is 5. The zero-order chi connectivity index (χ0) is 18.9. The Hall–Kier alpha value is -3.22. The molecule has 0 saturated carbocycles. The van der Waals surface area contributed by atoms with Gasteiger partial charge in [0.25, 0.3) is 0 Å². The first-order valence-corrected chi connectivity index (χ1v) is 8.02. The fourth-order valence-corrected chi connectivity index (χ4v) is 2.40. The molecule has 0 heterocycles. The molecular weight excluding hydrogens is 336 g/mol. The number of anilines is 1. The van der Waals surface area contributed by atoms with Gasteiger partial charge in [0, 0.05) is 18.3 Å². The maximum Gasteiger partial charge on any atom is 0.313 e. The van der Waals surface area contributed by atoms with Crippen LogP contribution in [-0.4, -0.2) is 39.7 Å². The van der Waals surface area contributed by atoms with Crippen LogP contribution in [0.25, 0.3) is 0 Å². The highest BCUT2D eigenvalue weighted by Gasteiger charge is 2.15. The van der Waals surface area contributed by atoms with E-state index in [4.69, 9.17) is 14.2 Å². The molecule has 2 aromatic rings. The lowest BCUT2D eigenvalue weighted by molar-refractivity contribution is -0.136. The van der Waals surface area contributed by atoms with E-state index in [9.17, 15) is 9.59 Å². The van der Waals surface area contributed by atoms with Gasteiger partial charge in [0.2, 0.25) is 0 Å². The van der Waals surface area contributed by atoms with Crippen molar-refractivity contribution in [3.8, 4) is 17.2 Å². The minimum Gasteiger partial charge on any atom is -0.496 e. The molecule has 0 aliphatic rings. The molecule has 0 aliphatic heterocycles. The van der Waals surface area contributed by atoms with Crippen molar-refractivity contribution in [2.24, 2.45) is 0 Å². The third kappa shape index (κ3) is 4.89. The van der Waals surface area contributed by atoms with Crippen LogP contribution in [0.1, 0.15) is 5.56 Å². The van der Waals surface area contributed by atoms with E-state index in [0.717, 1.165) is 11.3 Å². The summed E-state index contributed by atoms with van der Waals surface area (Å²) in [4.78, 5) is 24.0. The van der Waals surface area contributed by atoms with E-state index in [1.165, 1.54) is 14.2 Å². The van der Waals surface area contributed by atoms with Gasteiger partial charge in [0.1, 0.15) is 5.75 Å². The summed E-state index contributed by atoms with van der Waals surface area (Å²) in [5.41, 5.74) is 1.39. The van der Waals surface area contributed by atoms with Crippen LogP contribution >= 0.6 is 0 Å². The number of nitrogens with one attached hydrogen (secondary N) is 2. The molecule has 2 amide bonds. The van der Waals surface area contributed by atoms with Gasteiger partial charge >= 0.3 is 11.8 Å². The molecule has 0 saturated heterocycles. The minimum atomic E-state index is -0.753. The highest BCUT2D eigenvalue weighted by molar-refractivity contribution is 6.39. The van der Waals surface area contributed by atoms with E-state index >= 15 is 0 Å². The topological polar surface area (TPSA) is 85.9 Å². The maximum absolute atomic E-state index is 12.0. The second-order valence-corrected chi connectivity index (χ2v) is 5.34. The van der Waals surface area contributed by atoms with Crippen molar-refractivity contribution in [1.82, 2.24) is 5.32 Å². The van der Waals surface area contributed by atoms with E-state index in [-0.39, 0.29) is 0 Å². The Morgan fingerprint density at radius 2 is 1.54 bits per heavy atom. The zero-order valence-electron chi connectivity index (χ0n) is 15.0. The average Bonchev–Trinajstić information content (AvgIpc) is 2.68. The van der Waals surface area contributed by atoms with Crippen LogP contribution in [-0.2, 0) is 16.0 Å². The Bertz CT molecular complexity index is 776. The molecule has 0 unspecified atom stereocenters. The Morgan fingerprint density at radius 3 is 2.23 bits per heavy atom. The number of methoxy groups -OCH3 is 3. The monoisotopic (exact) mass is 358 g/mol. The predicted molar refractivity (Wildman–Crippen MR) is 97.9 cm³/mol. The summed E-state index contributed by atoms with van der Waals surface area (Å²) in [6, 6.07) is 12.4. The molecule has 2 aromatic carbocycles. The van der Waals surface area contributed by atoms with Crippen molar-refractivity contribution >= 4 is 17.5 Å². The van der Waals surface area contributed by atoms with Crippen LogP contribution in [0.15, 0.2) is 42.5 Å². The first-order chi connectivity index (χ1) is 12.6. The van der Waals surface area contributed by atoms with Gasteiger partial charge in [-0.3, -0.25) is 9.59 Å². The largest absolute Gasteiger partial charge is 0.496 e. The lowest BCUT2D eigenvalue weighted by atomic mass is 10.1. The molecule has 0 bridgehead atoms. The average molecular weight is 358 g/mol. The predicted octanol–water partition coefficient (Wildman–Crippen LogP) is 2.01. The first kappa shape index (κ1) is 19.1. The van der Waals surface area contributed by atoms with Crippen LogP contribution < -0.4 is 24.8 Å². The maximum atomic E-state index is 12.0. The standard InChI is InChI=1S/C19H22N2O5/c1-24-15-7-5-4-6-13(15)10-11-20-18(22)19(23)21-14-8-9-16(25-2)17(12-14)26-3/h4-9,12H,10-11H2,1-3H3,(H,20,22)(H,21,23). The molecule has 2 rings (SSSR count). The molecule has 138 valence electrons. The molecule has 0 aliphatic carbocycles. The molecule has 2 N–H and O–H groups in total. The quantitative estimate of drug-likeness (QED) is 0.740. The summed E-state index contributed by atoms with van der Waals surface area (Å²) in [7, 11) is 4.60. The van der Waals surface area contributed by atoms with Crippen molar-refractivity contribution in [3.63, 3.8) is 0 Å². The number of ether oxygens (including phenoxy) is 3. The molecule has 7 nitrogen and oxygen atoms in total. The van der Waals surface area contributed by atoms with E-state index in [1.54, 1.807) is 25.3 Å². The number of carbonyl (C=O) groups is 2. The zero-order valence-corrected chi connectivity index (χ0v) is 15.0. The smallest absolute Gasteiger partial charge is 0.313 e. The number of benzene rings is 2. The normalized spacial score (nSPS) is 9.96. The molecular formula is C19H22N2O5. The third-order valence-electron chi connectivity index (χ3n) is 3.72. The summed E-state index contributed by atoms with van der Waals surface area (Å²) < 4.78 is 15.6. The van der Waals surface area contributed by atoms with Crippen LogP contribution in [0.5, 0.6) is 17.2 Å². The van der Waals surface area contributed by atoms with E-state index in [0.29, 0.717) is 30.2 Å².